The van der Waals surface area contributed by atoms with Gasteiger partial charge in [0, 0.05) is 11.8 Å². The number of hydrogen-bond acceptors (Lipinski definition) is 3. The molecule has 0 unspecified atom stereocenters. The predicted octanol–water partition coefficient (Wildman–Crippen LogP) is 1.85. The topological polar surface area (TPSA) is 47.0 Å². The largest absolute Gasteiger partial charge is 0.228 e. The summed E-state index contributed by atoms with van der Waals surface area (Å²) in [6.45, 7) is 1.77. The van der Waals surface area contributed by atoms with E-state index in [2.05, 4.69) is 4.98 Å². The van der Waals surface area contributed by atoms with E-state index in [0.29, 0.717) is 5.92 Å². The molecule has 0 aromatic carbocycles. The number of hydrogen-bond donors (Lipinski definition) is 0. The highest BCUT2D eigenvalue weighted by atomic mass is 32.2. The second-order valence-corrected chi connectivity index (χ2v) is 6.57. The molecule has 0 bridgehead atoms. The van der Waals surface area contributed by atoms with Crippen molar-refractivity contribution in [2.45, 2.75) is 25.5 Å². The molecular formula is C11H14FNO2S. The minimum absolute atomic E-state index is 0.181. The summed E-state index contributed by atoms with van der Waals surface area (Å²) in [7, 11) is -3.19. The van der Waals surface area contributed by atoms with Crippen LogP contribution in [0, 0.1) is 18.8 Å². The molecule has 2 rings (SSSR count). The average molecular weight is 243 g/mol. The van der Waals surface area contributed by atoms with E-state index in [-0.39, 0.29) is 17.1 Å². The van der Waals surface area contributed by atoms with Crippen LogP contribution in [0.1, 0.15) is 24.0 Å². The van der Waals surface area contributed by atoms with E-state index in [4.69, 9.17) is 0 Å². The molecule has 1 fully saturated rings. The van der Waals surface area contributed by atoms with Gasteiger partial charge in [0.05, 0.1) is 11.5 Å². The highest BCUT2D eigenvalue weighted by Crippen LogP contribution is 2.31. The number of aromatic nitrogens is 1. The van der Waals surface area contributed by atoms with Crippen LogP contribution in [0.5, 0.6) is 0 Å². The first kappa shape index (κ1) is 11.5. The molecule has 0 amide bonds. The van der Waals surface area contributed by atoms with Crippen molar-refractivity contribution >= 4 is 9.84 Å². The third kappa shape index (κ3) is 3.01. The Morgan fingerprint density at radius 3 is 2.81 bits per heavy atom. The van der Waals surface area contributed by atoms with E-state index in [1.807, 2.05) is 0 Å². The van der Waals surface area contributed by atoms with Gasteiger partial charge in [0.25, 0.3) is 0 Å². The molecule has 0 radical (unpaired) electrons. The zero-order valence-electron chi connectivity index (χ0n) is 9.11. The van der Waals surface area contributed by atoms with Crippen LogP contribution in [0.15, 0.2) is 12.3 Å². The fourth-order valence-electron chi connectivity index (χ4n) is 1.65. The van der Waals surface area contributed by atoms with Gasteiger partial charge in [-0.1, -0.05) is 0 Å². The van der Waals surface area contributed by atoms with Crippen LogP contribution in [0.25, 0.3) is 0 Å². The summed E-state index contributed by atoms with van der Waals surface area (Å²) in [6.07, 6.45) is 3.36. The maximum Gasteiger partial charge on any atom is 0.217 e. The Hall–Kier alpha value is -0.970. The zero-order chi connectivity index (χ0) is 11.8. The average Bonchev–Trinajstić information content (AvgIpc) is 2.94. The Morgan fingerprint density at radius 2 is 2.19 bits per heavy atom. The number of halogens is 1. The second-order valence-electron chi connectivity index (χ2n) is 4.46. The standard InChI is InChI=1S/C11H14FNO2S/c1-8-4-10(11(12)13-5-8)7-16(14,15)6-9-2-3-9/h4-5,9H,2-3,6-7H2,1H3. The van der Waals surface area contributed by atoms with Crippen LogP contribution in [0.4, 0.5) is 4.39 Å². The van der Waals surface area contributed by atoms with Crippen LogP contribution in [0.2, 0.25) is 0 Å². The third-order valence-electron chi connectivity index (χ3n) is 2.61. The normalized spacial score (nSPS) is 16.4. The smallest absolute Gasteiger partial charge is 0.217 e. The molecule has 1 aliphatic carbocycles. The lowest BCUT2D eigenvalue weighted by Crippen LogP contribution is -2.12. The minimum Gasteiger partial charge on any atom is -0.228 e. The molecule has 16 heavy (non-hydrogen) atoms. The third-order valence-corrected chi connectivity index (χ3v) is 4.34. The number of pyridine rings is 1. The summed E-state index contributed by atoms with van der Waals surface area (Å²) in [6, 6.07) is 1.55. The van der Waals surface area contributed by atoms with Gasteiger partial charge in [-0.3, -0.25) is 0 Å². The van der Waals surface area contributed by atoms with E-state index >= 15 is 0 Å². The quantitative estimate of drug-likeness (QED) is 0.758. The molecule has 0 N–H and O–H groups in total. The Balaban J connectivity index is 2.15. The summed E-state index contributed by atoms with van der Waals surface area (Å²) < 4.78 is 36.7. The van der Waals surface area contributed by atoms with Crippen molar-refractivity contribution < 1.29 is 12.8 Å². The van der Waals surface area contributed by atoms with Gasteiger partial charge in [0.2, 0.25) is 5.95 Å². The summed E-state index contributed by atoms with van der Waals surface area (Å²) >= 11 is 0. The van der Waals surface area contributed by atoms with Crippen LogP contribution in [-0.4, -0.2) is 19.2 Å². The molecule has 1 aromatic heterocycles. The van der Waals surface area contributed by atoms with Gasteiger partial charge in [0.1, 0.15) is 0 Å². The molecule has 1 heterocycles. The molecule has 0 atom stereocenters. The van der Waals surface area contributed by atoms with Crippen molar-refractivity contribution in [2.75, 3.05) is 5.75 Å². The fourth-order valence-corrected chi connectivity index (χ4v) is 3.50. The van der Waals surface area contributed by atoms with Crippen LogP contribution >= 0.6 is 0 Å². The van der Waals surface area contributed by atoms with Gasteiger partial charge in [-0.25, -0.2) is 13.4 Å². The maximum atomic E-state index is 13.3. The Bertz CT molecular complexity index is 495. The van der Waals surface area contributed by atoms with Gasteiger partial charge >= 0.3 is 0 Å². The van der Waals surface area contributed by atoms with E-state index in [0.717, 1.165) is 18.4 Å². The lowest BCUT2D eigenvalue weighted by Gasteiger charge is -2.05. The summed E-state index contributed by atoms with van der Waals surface area (Å²) in [5.74, 6) is -0.430. The lowest BCUT2D eigenvalue weighted by atomic mass is 10.2. The van der Waals surface area contributed by atoms with Gasteiger partial charge in [-0.15, -0.1) is 0 Å². The highest BCUT2D eigenvalue weighted by Gasteiger charge is 2.28. The van der Waals surface area contributed by atoms with E-state index in [1.165, 1.54) is 6.20 Å². The zero-order valence-corrected chi connectivity index (χ0v) is 9.93. The summed E-state index contributed by atoms with van der Waals surface area (Å²) in [4.78, 5) is 3.53. The van der Waals surface area contributed by atoms with Crippen molar-refractivity contribution in [1.29, 1.82) is 0 Å². The molecule has 1 aliphatic rings. The monoisotopic (exact) mass is 243 g/mol. The lowest BCUT2D eigenvalue weighted by molar-refractivity contribution is 0.563. The molecule has 0 saturated heterocycles. The minimum atomic E-state index is -3.19. The molecule has 5 heteroatoms. The second kappa shape index (κ2) is 4.13. The summed E-state index contributed by atoms with van der Waals surface area (Å²) in [5, 5.41) is 0. The van der Waals surface area contributed by atoms with E-state index < -0.39 is 15.8 Å². The first-order chi connectivity index (χ1) is 7.46. The molecular weight excluding hydrogens is 229 g/mol. The maximum absolute atomic E-state index is 13.3. The van der Waals surface area contributed by atoms with Crippen molar-refractivity contribution in [1.82, 2.24) is 4.98 Å². The van der Waals surface area contributed by atoms with Gasteiger partial charge in [0.15, 0.2) is 9.84 Å². The number of nitrogens with zero attached hydrogens (tertiary/aromatic N) is 1. The number of aryl methyl sites for hydroxylation is 1. The van der Waals surface area contributed by atoms with Crippen LogP contribution in [0.3, 0.4) is 0 Å². The highest BCUT2D eigenvalue weighted by molar-refractivity contribution is 7.90. The fraction of sp³-hybridized carbons (Fsp3) is 0.545. The van der Waals surface area contributed by atoms with E-state index in [9.17, 15) is 12.8 Å². The van der Waals surface area contributed by atoms with Crippen molar-refractivity contribution in [2.24, 2.45) is 5.92 Å². The summed E-state index contributed by atoms with van der Waals surface area (Å²) in [5.41, 5.74) is 0.957. The molecule has 3 nitrogen and oxygen atoms in total. The van der Waals surface area contributed by atoms with Crippen molar-refractivity contribution in [3.05, 3.63) is 29.3 Å². The number of rotatable bonds is 4. The Labute approximate surface area is 94.6 Å². The molecule has 1 saturated carbocycles. The van der Waals surface area contributed by atoms with Crippen molar-refractivity contribution in [3.63, 3.8) is 0 Å². The molecule has 88 valence electrons. The van der Waals surface area contributed by atoms with Gasteiger partial charge in [-0.05, 0) is 37.3 Å². The van der Waals surface area contributed by atoms with E-state index in [1.54, 1.807) is 13.0 Å². The molecule has 0 aliphatic heterocycles. The van der Waals surface area contributed by atoms with Gasteiger partial charge in [-0.2, -0.15) is 4.39 Å². The first-order valence-corrected chi connectivity index (χ1v) is 7.10. The predicted molar refractivity (Wildman–Crippen MR) is 59.1 cm³/mol. The van der Waals surface area contributed by atoms with Gasteiger partial charge < -0.3 is 0 Å². The van der Waals surface area contributed by atoms with Crippen LogP contribution < -0.4 is 0 Å². The van der Waals surface area contributed by atoms with Crippen molar-refractivity contribution in [3.8, 4) is 0 Å². The molecule has 0 spiro atoms. The van der Waals surface area contributed by atoms with Crippen LogP contribution in [-0.2, 0) is 15.6 Å². The Kier molecular flexibility index (Phi) is 2.97. The number of sulfone groups is 1. The SMILES string of the molecule is Cc1cnc(F)c(CS(=O)(=O)CC2CC2)c1. The first-order valence-electron chi connectivity index (χ1n) is 5.28. The molecule has 1 aromatic rings. The Morgan fingerprint density at radius 1 is 1.50 bits per heavy atom.